The van der Waals surface area contributed by atoms with Gasteiger partial charge < -0.3 is 4.74 Å². The molecule has 0 spiro atoms. The lowest BCUT2D eigenvalue weighted by atomic mass is 10.2. The van der Waals surface area contributed by atoms with E-state index in [1.165, 1.54) is 11.6 Å². The van der Waals surface area contributed by atoms with Crippen molar-refractivity contribution >= 4 is 19.7 Å². The van der Waals surface area contributed by atoms with Crippen molar-refractivity contribution in [2.45, 2.75) is 25.2 Å². The molecule has 0 radical (unpaired) electrons. The van der Waals surface area contributed by atoms with Gasteiger partial charge in [0, 0.05) is 10.7 Å². The van der Waals surface area contributed by atoms with Crippen molar-refractivity contribution in [3.05, 3.63) is 53.6 Å². The lowest BCUT2D eigenvalue weighted by Gasteiger charge is -2.09. The monoisotopic (exact) mass is 310 g/mol. The molecule has 0 aliphatic heterocycles. The van der Waals surface area contributed by atoms with E-state index in [0.717, 1.165) is 12.2 Å². The van der Waals surface area contributed by atoms with Gasteiger partial charge in [-0.05, 0) is 54.8 Å². The van der Waals surface area contributed by atoms with Gasteiger partial charge in [0.25, 0.3) is 9.05 Å². The number of benzene rings is 2. The molecule has 5 heteroatoms. The van der Waals surface area contributed by atoms with Gasteiger partial charge >= 0.3 is 0 Å². The Morgan fingerprint density at radius 2 is 1.80 bits per heavy atom. The number of hydrogen-bond acceptors (Lipinski definition) is 3. The van der Waals surface area contributed by atoms with Gasteiger partial charge in [0.15, 0.2) is 0 Å². The van der Waals surface area contributed by atoms with E-state index in [-0.39, 0.29) is 4.90 Å². The second-order valence-electron chi connectivity index (χ2n) is 4.47. The Balaban J connectivity index is 2.29. The Morgan fingerprint density at radius 1 is 1.10 bits per heavy atom. The second-order valence-corrected chi connectivity index (χ2v) is 7.00. The number of hydrogen-bond donors (Lipinski definition) is 0. The molecule has 2 rings (SSSR count). The molecule has 0 saturated heterocycles. The number of halogens is 1. The van der Waals surface area contributed by atoms with E-state index >= 15 is 0 Å². The molecular weight excluding hydrogens is 296 g/mol. The van der Waals surface area contributed by atoms with Crippen LogP contribution in [-0.4, -0.2) is 8.42 Å². The molecule has 0 saturated carbocycles. The predicted octanol–water partition coefficient (Wildman–Crippen LogP) is 4.28. The lowest BCUT2D eigenvalue weighted by Crippen LogP contribution is -1.95. The first-order valence-electron chi connectivity index (χ1n) is 6.22. The van der Waals surface area contributed by atoms with Crippen LogP contribution in [-0.2, 0) is 15.5 Å². The Hall–Kier alpha value is -1.52. The quantitative estimate of drug-likeness (QED) is 0.792. The van der Waals surface area contributed by atoms with Crippen LogP contribution in [0, 0.1) is 6.92 Å². The summed E-state index contributed by atoms with van der Waals surface area (Å²) in [6, 6.07) is 12.5. The highest BCUT2D eigenvalue weighted by Crippen LogP contribution is 2.27. The van der Waals surface area contributed by atoms with Gasteiger partial charge in [0.05, 0.1) is 4.90 Å². The topological polar surface area (TPSA) is 43.4 Å². The summed E-state index contributed by atoms with van der Waals surface area (Å²) in [4.78, 5) is 0.105. The normalized spacial score (nSPS) is 11.3. The lowest BCUT2D eigenvalue weighted by molar-refractivity contribution is 0.481. The van der Waals surface area contributed by atoms with Crippen molar-refractivity contribution in [3.8, 4) is 11.5 Å². The van der Waals surface area contributed by atoms with E-state index in [2.05, 4.69) is 6.92 Å². The van der Waals surface area contributed by atoms with E-state index in [1.54, 1.807) is 19.1 Å². The maximum atomic E-state index is 11.3. The SMILES string of the molecule is CCc1cccc(Oc2ccc(S(=O)(=O)Cl)c(C)c2)c1. The summed E-state index contributed by atoms with van der Waals surface area (Å²) in [7, 11) is 1.63. The van der Waals surface area contributed by atoms with Gasteiger partial charge in [0.1, 0.15) is 11.5 Å². The summed E-state index contributed by atoms with van der Waals surface area (Å²) in [6.07, 6.45) is 0.930. The van der Waals surface area contributed by atoms with E-state index in [0.29, 0.717) is 11.3 Å². The minimum absolute atomic E-state index is 0.105. The number of rotatable bonds is 4. The zero-order valence-electron chi connectivity index (χ0n) is 11.3. The fourth-order valence-corrected chi connectivity index (χ4v) is 3.12. The first kappa shape index (κ1) is 14.9. The van der Waals surface area contributed by atoms with Gasteiger partial charge in [-0.15, -0.1) is 0 Å². The van der Waals surface area contributed by atoms with Crippen LogP contribution in [0.3, 0.4) is 0 Å². The van der Waals surface area contributed by atoms with Gasteiger partial charge in [-0.3, -0.25) is 0 Å². The average Bonchev–Trinajstić information content (AvgIpc) is 2.37. The first-order valence-corrected chi connectivity index (χ1v) is 8.53. The van der Waals surface area contributed by atoms with Crippen LogP contribution in [0.5, 0.6) is 11.5 Å². The summed E-state index contributed by atoms with van der Waals surface area (Å²) in [5, 5.41) is 0. The van der Waals surface area contributed by atoms with Crippen molar-refractivity contribution in [2.24, 2.45) is 0 Å². The van der Waals surface area contributed by atoms with Crippen molar-refractivity contribution < 1.29 is 13.2 Å². The van der Waals surface area contributed by atoms with E-state index in [9.17, 15) is 8.42 Å². The molecule has 3 nitrogen and oxygen atoms in total. The average molecular weight is 311 g/mol. The Bertz CT molecular complexity index is 724. The molecule has 0 fully saturated rings. The first-order chi connectivity index (χ1) is 9.40. The van der Waals surface area contributed by atoms with E-state index in [4.69, 9.17) is 15.4 Å². The number of ether oxygens (including phenoxy) is 1. The van der Waals surface area contributed by atoms with Crippen LogP contribution in [0.1, 0.15) is 18.1 Å². The van der Waals surface area contributed by atoms with Gasteiger partial charge in [-0.25, -0.2) is 8.42 Å². The fourth-order valence-electron chi connectivity index (χ4n) is 1.92. The molecule has 0 aliphatic carbocycles. The van der Waals surface area contributed by atoms with Gasteiger partial charge in [0.2, 0.25) is 0 Å². The molecule has 0 aliphatic rings. The molecular formula is C15H15ClO3S. The minimum atomic E-state index is -3.72. The van der Waals surface area contributed by atoms with Crippen molar-refractivity contribution in [2.75, 3.05) is 0 Å². The third-order valence-corrected chi connectivity index (χ3v) is 4.43. The molecule has 106 valence electrons. The van der Waals surface area contributed by atoms with Crippen molar-refractivity contribution in [3.63, 3.8) is 0 Å². The largest absolute Gasteiger partial charge is 0.457 e. The minimum Gasteiger partial charge on any atom is -0.457 e. The highest BCUT2D eigenvalue weighted by Gasteiger charge is 2.13. The maximum absolute atomic E-state index is 11.3. The third-order valence-electron chi connectivity index (χ3n) is 2.95. The molecule has 0 amide bonds. The van der Waals surface area contributed by atoms with Gasteiger partial charge in [-0.1, -0.05) is 19.1 Å². The van der Waals surface area contributed by atoms with E-state index in [1.807, 2.05) is 24.3 Å². The van der Waals surface area contributed by atoms with Crippen LogP contribution >= 0.6 is 10.7 Å². The summed E-state index contributed by atoms with van der Waals surface area (Å²) in [5.41, 5.74) is 1.74. The molecule has 2 aromatic rings. The smallest absolute Gasteiger partial charge is 0.261 e. The number of aryl methyl sites for hydroxylation is 2. The Labute approximate surface area is 123 Å². The van der Waals surface area contributed by atoms with Crippen LogP contribution in [0.25, 0.3) is 0 Å². The van der Waals surface area contributed by atoms with Gasteiger partial charge in [-0.2, -0.15) is 0 Å². The molecule has 0 unspecified atom stereocenters. The molecule has 0 atom stereocenters. The Morgan fingerprint density at radius 3 is 2.40 bits per heavy atom. The maximum Gasteiger partial charge on any atom is 0.261 e. The van der Waals surface area contributed by atoms with E-state index < -0.39 is 9.05 Å². The summed E-state index contributed by atoms with van der Waals surface area (Å²) in [5.74, 6) is 1.31. The van der Waals surface area contributed by atoms with Crippen molar-refractivity contribution in [1.29, 1.82) is 0 Å². The second kappa shape index (κ2) is 5.85. The summed E-state index contributed by atoms with van der Waals surface area (Å²) >= 11 is 0. The summed E-state index contributed by atoms with van der Waals surface area (Å²) < 4.78 is 28.4. The van der Waals surface area contributed by atoms with Crippen molar-refractivity contribution in [1.82, 2.24) is 0 Å². The van der Waals surface area contributed by atoms with Crippen LogP contribution < -0.4 is 4.74 Å². The zero-order chi connectivity index (χ0) is 14.8. The highest BCUT2D eigenvalue weighted by molar-refractivity contribution is 8.13. The molecule has 0 aromatic heterocycles. The zero-order valence-corrected chi connectivity index (χ0v) is 12.8. The van der Waals surface area contributed by atoms with Crippen LogP contribution in [0.15, 0.2) is 47.4 Å². The third kappa shape index (κ3) is 3.52. The molecule has 20 heavy (non-hydrogen) atoms. The predicted molar refractivity (Wildman–Crippen MR) is 80.1 cm³/mol. The Kier molecular flexibility index (Phi) is 4.35. The summed E-state index contributed by atoms with van der Waals surface area (Å²) in [6.45, 7) is 3.76. The molecule has 0 heterocycles. The molecule has 0 bridgehead atoms. The molecule has 0 N–H and O–H groups in total. The standard InChI is InChI=1S/C15H15ClO3S/c1-3-12-5-4-6-13(10-12)19-14-7-8-15(11(2)9-14)20(16,17)18/h4-10H,3H2,1-2H3. The molecule has 2 aromatic carbocycles. The van der Waals surface area contributed by atoms with Crippen LogP contribution in [0.2, 0.25) is 0 Å². The highest BCUT2D eigenvalue weighted by atomic mass is 35.7. The van der Waals surface area contributed by atoms with Crippen LogP contribution in [0.4, 0.5) is 0 Å². The fraction of sp³-hybridized carbons (Fsp3) is 0.200.